The minimum atomic E-state index is -0.891. The molecule has 19 heavy (non-hydrogen) atoms. The van der Waals surface area contributed by atoms with Crippen molar-refractivity contribution in [3.8, 4) is 0 Å². The van der Waals surface area contributed by atoms with Crippen molar-refractivity contribution in [2.24, 2.45) is 5.92 Å². The van der Waals surface area contributed by atoms with Gasteiger partial charge in [0, 0.05) is 17.1 Å². The lowest BCUT2D eigenvalue weighted by atomic mass is 10.1. The van der Waals surface area contributed by atoms with Gasteiger partial charge in [-0.3, -0.25) is 9.59 Å². The van der Waals surface area contributed by atoms with Gasteiger partial charge in [-0.1, -0.05) is 41.1 Å². The van der Waals surface area contributed by atoms with Gasteiger partial charge in [-0.05, 0) is 24.1 Å². The van der Waals surface area contributed by atoms with Crippen LogP contribution < -0.4 is 5.32 Å². The van der Waals surface area contributed by atoms with Gasteiger partial charge in [0.2, 0.25) is 5.91 Å². The summed E-state index contributed by atoms with van der Waals surface area (Å²) in [7, 11) is 0. The van der Waals surface area contributed by atoms with Gasteiger partial charge >= 0.3 is 5.97 Å². The summed E-state index contributed by atoms with van der Waals surface area (Å²) in [5.74, 6) is -1.73. The van der Waals surface area contributed by atoms with E-state index in [1.165, 1.54) is 6.08 Å². The molecule has 1 aromatic carbocycles. The molecule has 1 rings (SSSR count). The summed E-state index contributed by atoms with van der Waals surface area (Å²) in [5.41, 5.74) is 0.892. The molecule has 0 aliphatic rings. The SMILES string of the molecule is CCC(CNC(=O)C=Cc1ccccc1Br)C(=O)O. The number of rotatable bonds is 6. The van der Waals surface area contributed by atoms with Gasteiger partial charge in [0.05, 0.1) is 5.92 Å². The number of benzene rings is 1. The Kier molecular flexibility index (Phi) is 6.29. The van der Waals surface area contributed by atoms with Crippen molar-refractivity contribution in [2.45, 2.75) is 13.3 Å². The Balaban J connectivity index is 2.52. The third-order valence-electron chi connectivity index (χ3n) is 2.68. The van der Waals surface area contributed by atoms with Gasteiger partial charge in [-0.25, -0.2) is 0 Å². The quantitative estimate of drug-likeness (QED) is 0.790. The van der Waals surface area contributed by atoms with Crippen LogP contribution in [0.3, 0.4) is 0 Å². The summed E-state index contributed by atoms with van der Waals surface area (Å²) in [6.07, 6.45) is 3.57. The van der Waals surface area contributed by atoms with E-state index in [0.29, 0.717) is 6.42 Å². The summed E-state index contributed by atoms with van der Waals surface area (Å²) in [5, 5.41) is 11.4. The molecule has 102 valence electrons. The highest BCUT2D eigenvalue weighted by molar-refractivity contribution is 9.10. The van der Waals surface area contributed by atoms with Crippen LogP contribution in [-0.2, 0) is 9.59 Å². The molecule has 0 heterocycles. The molecule has 0 radical (unpaired) electrons. The number of carbonyl (C=O) groups is 2. The minimum absolute atomic E-state index is 0.144. The highest BCUT2D eigenvalue weighted by atomic mass is 79.9. The molecule has 0 bridgehead atoms. The van der Waals surface area contributed by atoms with Crippen LogP contribution >= 0.6 is 15.9 Å². The molecule has 0 aliphatic heterocycles. The number of hydrogen-bond donors (Lipinski definition) is 2. The number of nitrogens with one attached hydrogen (secondary N) is 1. The average molecular weight is 326 g/mol. The van der Waals surface area contributed by atoms with Gasteiger partial charge in [-0.15, -0.1) is 0 Å². The smallest absolute Gasteiger partial charge is 0.308 e. The number of hydrogen-bond acceptors (Lipinski definition) is 2. The third-order valence-corrected chi connectivity index (χ3v) is 3.41. The van der Waals surface area contributed by atoms with E-state index in [1.807, 2.05) is 24.3 Å². The molecule has 0 aromatic heterocycles. The van der Waals surface area contributed by atoms with Crippen LogP contribution in [0.25, 0.3) is 6.08 Å². The molecule has 1 amide bonds. The fourth-order valence-electron chi connectivity index (χ4n) is 1.46. The van der Waals surface area contributed by atoms with Gasteiger partial charge in [0.15, 0.2) is 0 Å². The Labute approximate surface area is 120 Å². The van der Waals surface area contributed by atoms with Crippen molar-refractivity contribution >= 4 is 33.9 Å². The molecule has 1 aromatic rings. The highest BCUT2D eigenvalue weighted by Crippen LogP contribution is 2.16. The first-order valence-electron chi connectivity index (χ1n) is 5.97. The van der Waals surface area contributed by atoms with E-state index < -0.39 is 11.9 Å². The second-order valence-corrected chi connectivity index (χ2v) is 4.90. The van der Waals surface area contributed by atoms with Crippen LogP contribution in [0, 0.1) is 5.92 Å². The maximum atomic E-state index is 11.6. The Morgan fingerprint density at radius 2 is 2.11 bits per heavy atom. The zero-order valence-corrected chi connectivity index (χ0v) is 12.2. The first-order chi connectivity index (χ1) is 9.04. The predicted octanol–water partition coefficient (Wildman–Crippen LogP) is 2.69. The van der Waals surface area contributed by atoms with Gasteiger partial charge in [-0.2, -0.15) is 0 Å². The Hall–Kier alpha value is -1.62. The number of halogens is 1. The number of carbonyl (C=O) groups excluding carboxylic acids is 1. The number of aliphatic carboxylic acids is 1. The standard InChI is InChI=1S/C14H16BrNO3/c1-2-10(14(18)19)9-16-13(17)8-7-11-5-3-4-6-12(11)15/h3-8,10H,2,9H2,1H3,(H,16,17)(H,18,19). The van der Waals surface area contributed by atoms with Crippen molar-refractivity contribution < 1.29 is 14.7 Å². The topological polar surface area (TPSA) is 66.4 Å². The van der Waals surface area contributed by atoms with Crippen molar-refractivity contribution in [3.05, 3.63) is 40.4 Å². The van der Waals surface area contributed by atoms with E-state index in [-0.39, 0.29) is 12.5 Å². The molecule has 0 saturated heterocycles. The molecule has 0 fully saturated rings. The van der Waals surface area contributed by atoms with Crippen molar-refractivity contribution in [1.29, 1.82) is 0 Å². The first-order valence-corrected chi connectivity index (χ1v) is 6.77. The van der Waals surface area contributed by atoms with E-state index >= 15 is 0 Å². The third kappa shape index (κ3) is 5.26. The largest absolute Gasteiger partial charge is 0.481 e. The zero-order chi connectivity index (χ0) is 14.3. The molecular weight excluding hydrogens is 310 g/mol. The van der Waals surface area contributed by atoms with Crippen LogP contribution in [0.15, 0.2) is 34.8 Å². The number of carboxylic acid groups (broad SMARTS) is 1. The van der Waals surface area contributed by atoms with Gasteiger partial charge in [0.25, 0.3) is 0 Å². The molecule has 1 unspecified atom stereocenters. The molecule has 4 nitrogen and oxygen atoms in total. The number of amides is 1. The highest BCUT2D eigenvalue weighted by Gasteiger charge is 2.14. The Morgan fingerprint density at radius 1 is 1.42 bits per heavy atom. The van der Waals surface area contributed by atoms with Gasteiger partial charge < -0.3 is 10.4 Å². The maximum Gasteiger partial charge on any atom is 0.308 e. The average Bonchev–Trinajstić information content (AvgIpc) is 2.38. The molecule has 5 heteroatoms. The molecule has 2 N–H and O–H groups in total. The van der Waals surface area contributed by atoms with Crippen LogP contribution in [0.2, 0.25) is 0 Å². The first kappa shape index (κ1) is 15.4. The fraction of sp³-hybridized carbons (Fsp3) is 0.286. The maximum absolute atomic E-state index is 11.6. The summed E-state index contributed by atoms with van der Waals surface area (Å²) >= 11 is 3.38. The molecular formula is C14H16BrNO3. The fourth-order valence-corrected chi connectivity index (χ4v) is 1.88. The lowest BCUT2D eigenvalue weighted by molar-refractivity contribution is -0.141. The monoisotopic (exact) mass is 325 g/mol. The van der Waals surface area contributed by atoms with E-state index in [4.69, 9.17) is 5.11 Å². The van der Waals surface area contributed by atoms with E-state index in [2.05, 4.69) is 21.2 Å². The minimum Gasteiger partial charge on any atom is -0.481 e. The van der Waals surface area contributed by atoms with Crippen LogP contribution in [-0.4, -0.2) is 23.5 Å². The predicted molar refractivity (Wildman–Crippen MR) is 77.6 cm³/mol. The molecule has 0 aliphatic carbocycles. The second kappa shape index (κ2) is 7.74. The van der Waals surface area contributed by atoms with Crippen LogP contribution in [0.5, 0.6) is 0 Å². The second-order valence-electron chi connectivity index (χ2n) is 4.04. The van der Waals surface area contributed by atoms with Crippen LogP contribution in [0.4, 0.5) is 0 Å². The van der Waals surface area contributed by atoms with Crippen molar-refractivity contribution in [1.82, 2.24) is 5.32 Å². The van der Waals surface area contributed by atoms with Crippen molar-refractivity contribution in [2.75, 3.05) is 6.54 Å². The van der Waals surface area contributed by atoms with E-state index in [9.17, 15) is 9.59 Å². The summed E-state index contributed by atoms with van der Waals surface area (Å²) in [6, 6.07) is 7.52. The van der Waals surface area contributed by atoms with Crippen molar-refractivity contribution in [3.63, 3.8) is 0 Å². The molecule has 0 spiro atoms. The molecule has 1 atom stereocenters. The normalized spacial score (nSPS) is 12.3. The van der Waals surface area contributed by atoms with Crippen LogP contribution in [0.1, 0.15) is 18.9 Å². The van der Waals surface area contributed by atoms with Gasteiger partial charge in [0.1, 0.15) is 0 Å². The zero-order valence-electron chi connectivity index (χ0n) is 10.6. The lowest BCUT2D eigenvalue weighted by Crippen LogP contribution is -2.31. The Morgan fingerprint density at radius 3 is 2.68 bits per heavy atom. The Bertz CT molecular complexity index is 485. The lowest BCUT2D eigenvalue weighted by Gasteiger charge is -2.09. The summed E-state index contributed by atoms with van der Waals surface area (Å²) in [6.45, 7) is 1.92. The summed E-state index contributed by atoms with van der Waals surface area (Å²) in [4.78, 5) is 22.4. The number of carboxylic acids is 1. The molecule has 0 saturated carbocycles. The summed E-state index contributed by atoms with van der Waals surface area (Å²) < 4.78 is 0.899. The van der Waals surface area contributed by atoms with E-state index in [1.54, 1.807) is 13.0 Å². The van der Waals surface area contributed by atoms with E-state index in [0.717, 1.165) is 10.0 Å².